The van der Waals surface area contributed by atoms with Crippen LogP contribution >= 0.6 is 0 Å². The zero-order chi connectivity index (χ0) is 16.5. The van der Waals surface area contributed by atoms with E-state index in [9.17, 15) is 0 Å². The second kappa shape index (κ2) is 9.12. The molecule has 0 atom stereocenters. The number of hydrogen-bond donors (Lipinski definition) is 2. The van der Waals surface area contributed by atoms with Crippen molar-refractivity contribution in [2.24, 2.45) is 12.0 Å². The highest BCUT2D eigenvalue weighted by atomic mass is 16.5. The number of ether oxygens (including phenoxy) is 1. The lowest BCUT2D eigenvalue weighted by Gasteiger charge is -2.26. The molecule has 8 nitrogen and oxygen atoms in total. The summed E-state index contributed by atoms with van der Waals surface area (Å²) < 4.78 is 7.27. The molecule has 0 radical (unpaired) electrons. The Kier molecular flexibility index (Phi) is 6.84. The van der Waals surface area contributed by atoms with Crippen molar-refractivity contribution in [2.45, 2.75) is 13.5 Å². The summed E-state index contributed by atoms with van der Waals surface area (Å²) in [6.07, 6.45) is 5.31. The lowest BCUT2D eigenvalue weighted by Crippen LogP contribution is -2.44. The summed E-state index contributed by atoms with van der Waals surface area (Å²) in [4.78, 5) is 6.88. The number of morpholine rings is 1. The highest BCUT2D eigenvalue weighted by Crippen LogP contribution is 1.99. The van der Waals surface area contributed by atoms with Crippen molar-refractivity contribution < 1.29 is 4.74 Å². The van der Waals surface area contributed by atoms with Crippen LogP contribution in [0.5, 0.6) is 0 Å². The van der Waals surface area contributed by atoms with Crippen molar-refractivity contribution in [3.05, 3.63) is 11.6 Å². The first-order valence-electron chi connectivity index (χ1n) is 7.81. The number of terminal acetylenes is 1. The molecule has 126 valence electrons. The summed E-state index contributed by atoms with van der Waals surface area (Å²) in [5.41, 5.74) is 0. The maximum absolute atomic E-state index is 5.35. The van der Waals surface area contributed by atoms with E-state index in [0.717, 1.165) is 51.0 Å². The molecule has 1 aliphatic rings. The van der Waals surface area contributed by atoms with Crippen molar-refractivity contribution in [1.29, 1.82) is 0 Å². The molecule has 0 spiro atoms. The van der Waals surface area contributed by atoms with Gasteiger partial charge in [-0.2, -0.15) is 0 Å². The molecule has 2 heterocycles. The summed E-state index contributed by atoms with van der Waals surface area (Å²) in [7, 11) is 1.93. The highest BCUT2D eigenvalue weighted by molar-refractivity contribution is 5.79. The average Bonchev–Trinajstić information content (AvgIpc) is 2.89. The molecule has 1 saturated heterocycles. The fourth-order valence-electron chi connectivity index (χ4n) is 2.20. The van der Waals surface area contributed by atoms with Crippen LogP contribution < -0.4 is 10.6 Å². The van der Waals surface area contributed by atoms with Crippen LogP contribution in [-0.4, -0.2) is 71.6 Å². The van der Waals surface area contributed by atoms with Gasteiger partial charge in [0.1, 0.15) is 12.4 Å². The number of aromatic nitrogens is 3. The molecular weight excluding hydrogens is 294 g/mol. The maximum Gasteiger partial charge on any atom is 0.192 e. The van der Waals surface area contributed by atoms with E-state index in [1.165, 1.54) is 0 Å². The molecule has 1 fully saturated rings. The van der Waals surface area contributed by atoms with Crippen molar-refractivity contribution >= 4 is 5.96 Å². The molecule has 0 amide bonds. The number of nitrogens with zero attached hydrogens (tertiary/aromatic N) is 5. The van der Waals surface area contributed by atoms with Crippen LogP contribution in [0, 0.1) is 19.3 Å². The van der Waals surface area contributed by atoms with Gasteiger partial charge in [-0.3, -0.25) is 4.90 Å². The van der Waals surface area contributed by atoms with Gasteiger partial charge in [0.25, 0.3) is 0 Å². The Balaban J connectivity index is 1.84. The van der Waals surface area contributed by atoms with Gasteiger partial charge in [-0.25, -0.2) is 4.99 Å². The van der Waals surface area contributed by atoms with Crippen molar-refractivity contribution in [3.8, 4) is 12.3 Å². The van der Waals surface area contributed by atoms with Crippen molar-refractivity contribution in [2.75, 3.05) is 45.9 Å². The molecule has 1 aromatic heterocycles. The highest BCUT2D eigenvalue weighted by Gasteiger charge is 2.10. The Morgan fingerprint density at radius 2 is 2.13 bits per heavy atom. The summed E-state index contributed by atoms with van der Waals surface area (Å²) in [6, 6.07) is 0. The average molecular weight is 319 g/mol. The lowest BCUT2D eigenvalue weighted by atomic mass is 10.4. The molecule has 8 heteroatoms. The maximum atomic E-state index is 5.35. The largest absolute Gasteiger partial charge is 0.379 e. The van der Waals surface area contributed by atoms with Gasteiger partial charge in [-0.05, 0) is 6.92 Å². The number of guanidine groups is 1. The van der Waals surface area contributed by atoms with Gasteiger partial charge < -0.3 is 19.9 Å². The zero-order valence-corrected chi connectivity index (χ0v) is 13.9. The minimum atomic E-state index is 0.432. The topological polar surface area (TPSA) is 79.6 Å². The second-order valence-corrected chi connectivity index (χ2v) is 5.33. The van der Waals surface area contributed by atoms with Gasteiger partial charge in [0, 0.05) is 33.2 Å². The fourth-order valence-corrected chi connectivity index (χ4v) is 2.20. The first-order valence-corrected chi connectivity index (χ1v) is 7.81. The normalized spacial score (nSPS) is 16.1. The molecule has 23 heavy (non-hydrogen) atoms. The van der Waals surface area contributed by atoms with Gasteiger partial charge in [-0.15, -0.1) is 16.6 Å². The van der Waals surface area contributed by atoms with Gasteiger partial charge >= 0.3 is 0 Å². The number of aliphatic imine (C=N–C) groups is 1. The van der Waals surface area contributed by atoms with E-state index in [0.29, 0.717) is 19.0 Å². The van der Waals surface area contributed by atoms with Gasteiger partial charge in [0.05, 0.1) is 19.8 Å². The number of aryl methyl sites for hydroxylation is 1. The molecule has 0 aromatic carbocycles. The monoisotopic (exact) mass is 319 g/mol. The molecular formula is C15H25N7O. The van der Waals surface area contributed by atoms with E-state index < -0.39 is 0 Å². The summed E-state index contributed by atoms with van der Waals surface area (Å²) in [5.74, 6) is 4.94. The number of rotatable bonds is 6. The van der Waals surface area contributed by atoms with Crippen LogP contribution in [0.3, 0.4) is 0 Å². The minimum absolute atomic E-state index is 0.432. The molecule has 1 aliphatic heterocycles. The van der Waals surface area contributed by atoms with Gasteiger partial charge in [0.2, 0.25) is 0 Å². The van der Waals surface area contributed by atoms with E-state index in [1.54, 1.807) is 0 Å². The Hall–Kier alpha value is -2.11. The summed E-state index contributed by atoms with van der Waals surface area (Å²) in [6.45, 7) is 8.11. The van der Waals surface area contributed by atoms with E-state index in [4.69, 9.17) is 11.2 Å². The van der Waals surface area contributed by atoms with Gasteiger partial charge in [0.15, 0.2) is 11.8 Å². The third-order valence-electron chi connectivity index (χ3n) is 3.74. The third kappa shape index (κ3) is 5.54. The smallest absolute Gasteiger partial charge is 0.192 e. The summed E-state index contributed by atoms with van der Waals surface area (Å²) >= 11 is 0. The lowest BCUT2D eigenvalue weighted by molar-refractivity contribution is 0.0389. The van der Waals surface area contributed by atoms with Crippen LogP contribution in [0.1, 0.15) is 11.6 Å². The predicted octanol–water partition coefficient (Wildman–Crippen LogP) is -0.876. The summed E-state index contributed by atoms with van der Waals surface area (Å²) in [5, 5.41) is 14.5. The van der Waals surface area contributed by atoms with E-state index in [-0.39, 0.29) is 0 Å². The Morgan fingerprint density at radius 3 is 2.78 bits per heavy atom. The SMILES string of the molecule is C#CCNC(=NCc1nnc(C)n1C)NCCN1CCOCC1. The number of nitrogens with one attached hydrogen (secondary N) is 2. The Bertz CT molecular complexity index is 555. The standard InChI is InChI=1S/C15H25N7O/c1-4-5-16-15(17-6-7-22-8-10-23-11-9-22)18-12-14-20-19-13(2)21(14)3/h1H,5-12H2,2-3H3,(H2,16,17,18). The Morgan fingerprint density at radius 1 is 1.35 bits per heavy atom. The Labute approximate surface area is 137 Å². The molecule has 0 unspecified atom stereocenters. The quantitative estimate of drug-likeness (QED) is 0.403. The van der Waals surface area contributed by atoms with Crippen molar-refractivity contribution in [3.63, 3.8) is 0 Å². The van der Waals surface area contributed by atoms with Crippen molar-refractivity contribution in [1.82, 2.24) is 30.3 Å². The second-order valence-electron chi connectivity index (χ2n) is 5.33. The van der Waals surface area contributed by atoms with Crippen LogP contribution in [-0.2, 0) is 18.3 Å². The van der Waals surface area contributed by atoms with E-state index in [1.807, 2.05) is 18.5 Å². The molecule has 0 saturated carbocycles. The van der Waals surface area contributed by atoms with Crippen LogP contribution in [0.4, 0.5) is 0 Å². The van der Waals surface area contributed by atoms with Crippen LogP contribution in [0.25, 0.3) is 0 Å². The first-order chi connectivity index (χ1) is 11.2. The number of hydrogen-bond acceptors (Lipinski definition) is 5. The van der Waals surface area contributed by atoms with E-state index >= 15 is 0 Å². The molecule has 1 aromatic rings. The van der Waals surface area contributed by atoms with Crippen LogP contribution in [0.2, 0.25) is 0 Å². The zero-order valence-electron chi connectivity index (χ0n) is 13.9. The fraction of sp³-hybridized carbons (Fsp3) is 0.667. The van der Waals surface area contributed by atoms with Gasteiger partial charge in [-0.1, -0.05) is 5.92 Å². The molecule has 0 bridgehead atoms. The van der Waals surface area contributed by atoms with Crippen LogP contribution in [0.15, 0.2) is 4.99 Å². The molecule has 0 aliphatic carbocycles. The first kappa shape index (κ1) is 17.2. The minimum Gasteiger partial charge on any atom is -0.379 e. The molecule has 2 N–H and O–H groups in total. The predicted molar refractivity (Wildman–Crippen MR) is 89.0 cm³/mol. The molecule has 2 rings (SSSR count). The third-order valence-corrected chi connectivity index (χ3v) is 3.74. The van der Waals surface area contributed by atoms with E-state index in [2.05, 4.69) is 36.6 Å².